The maximum Gasteiger partial charge on any atom is 0.193 e. The Morgan fingerprint density at radius 2 is 2.05 bits per heavy atom. The lowest BCUT2D eigenvalue weighted by Crippen LogP contribution is -2.41. The van der Waals surface area contributed by atoms with E-state index in [4.69, 9.17) is 4.74 Å². The molecule has 0 heterocycles. The molecule has 0 atom stereocenters. The zero-order valence-electron chi connectivity index (χ0n) is 13.6. The third-order valence-electron chi connectivity index (χ3n) is 3.16. The second-order valence-corrected chi connectivity index (χ2v) is 4.86. The van der Waals surface area contributed by atoms with Crippen LogP contribution in [0.4, 0.5) is 0 Å². The second-order valence-electron chi connectivity index (χ2n) is 4.86. The highest BCUT2D eigenvalue weighted by molar-refractivity contribution is 14.0. The summed E-state index contributed by atoms with van der Waals surface area (Å²) in [6, 6.07) is 8.07. The molecule has 0 saturated heterocycles. The van der Waals surface area contributed by atoms with Crippen molar-refractivity contribution in [3.05, 3.63) is 29.8 Å². The van der Waals surface area contributed by atoms with Crippen molar-refractivity contribution in [2.45, 2.75) is 26.7 Å². The average Bonchev–Trinajstić information content (AvgIpc) is 2.46. The number of aliphatic imine (C=N–C) groups is 1. The molecule has 0 aliphatic heterocycles. The first-order valence-electron chi connectivity index (χ1n) is 7.29. The number of nitrogens with zero attached hydrogens (tertiary/aromatic N) is 2. The second kappa shape index (κ2) is 11.7. The Morgan fingerprint density at radius 3 is 2.67 bits per heavy atom. The van der Waals surface area contributed by atoms with Gasteiger partial charge in [-0.3, -0.25) is 4.99 Å². The molecule has 0 unspecified atom stereocenters. The third-order valence-corrected chi connectivity index (χ3v) is 3.16. The number of para-hydroxylation sites is 1. The van der Waals surface area contributed by atoms with Crippen molar-refractivity contribution in [3.63, 3.8) is 0 Å². The summed E-state index contributed by atoms with van der Waals surface area (Å²) in [6.45, 7) is 6.65. The van der Waals surface area contributed by atoms with Crippen LogP contribution in [0.3, 0.4) is 0 Å². The SMILES string of the molecule is CCCCN(C)C(=NC)NCCOc1ccccc1C.I. The van der Waals surface area contributed by atoms with E-state index in [1.807, 2.05) is 25.2 Å². The van der Waals surface area contributed by atoms with E-state index in [0.29, 0.717) is 6.61 Å². The first-order valence-corrected chi connectivity index (χ1v) is 7.29. The smallest absolute Gasteiger partial charge is 0.193 e. The van der Waals surface area contributed by atoms with Gasteiger partial charge in [0.25, 0.3) is 0 Å². The predicted molar refractivity (Wildman–Crippen MR) is 101 cm³/mol. The van der Waals surface area contributed by atoms with Crippen LogP contribution in [0.25, 0.3) is 0 Å². The van der Waals surface area contributed by atoms with Crippen LogP contribution >= 0.6 is 24.0 Å². The molecular formula is C16H28IN3O. The van der Waals surface area contributed by atoms with E-state index in [9.17, 15) is 0 Å². The standard InChI is InChI=1S/C16H27N3O.HI/c1-5-6-12-19(4)16(17-3)18-11-13-20-15-10-8-7-9-14(15)2;/h7-10H,5-6,11-13H2,1-4H3,(H,17,18);1H. The fourth-order valence-corrected chi connectivity index (χ4v) is 1.93. The van der Waals surface area contributed by atoms with E-state index < -0.39 is 0 Å². The molecule has 0 aliphatic carbocycles. The van der Waals surface area contributed by atoms with Gasteiger partial charge in [0.1, 0.15) is 12.4 Å². The number of halogens is 1. The highest BCUT2D eigenvalue weighted by atomic mass is 127. The maximum absolute atomic E-state index is 5.76. The summed E-state index contributed by atoms with van der Waals surface area (Å²) in [5.74, 6) is 1.87. The normalized spacial score (nSPS) is 10.8. The molecular weight excluding hydrogens is 377 g/mol. The quantitative estimate of drug-likeness (QED) is 0.327. The van der Waals surface area contributed by atoms with Crippen LogP contribution in [0.2, 0.25) is 0 Å². The van der Waals surface area contributed by atoms with Gasteiger partial charge in [-0.2, -0.15) is 0 Å². The Bertz CT molecular complexity index is 424. The maximum atomic E-state index is 5.76. The fraction of sp³-hybridized carbons (Fsp3) is 0.562. The summed E-state index contributed by atoms with van der Waals surface area (Å²) >= 11 is 0. The van der Waals surface area contributed by atoms with Crippen molar-refractivity contribution >= 4 is 29.9 Å². The molecule has 0 spiro atoms. The molecule has 0 amide bonds. The topological polar surface area (TPSA) is 36.9 Å². The van der Waals surface area contributed by atoms with E-state index in [1.54, 1.807) is 0 Å². The van der Waals surface area contributed by atoms with Crippen molar-refractivity contribution < 1.29 is 4.74 Å². The first-order chi connectivity index (χ1) is 9.69. The zero-order chi connectivity index (χ0) is 14.8. The third kappa shape index (κ3) is 7.55. The number of ether oxygens (including phenoxy) is 1. The van der Waals surface area contributed by atoms with Crippen LogP contribution in [0.5, 0.6) is 5.75 Å². The monoisotopic (exact) mass is 405 g/mol. The van der Waals surface area contributed by atoms with Crippen LogP contribution in [0.15, 0.2) is 29.3 Å². The van der Waals surface area contributed by atoms with E-state index in [-0.39, 0.29) is 24.0 Å². The Balaban J connectivity index is 0.00000400. The van der Waals surface area contributed by atoms with Gasteiger partial charge in [0.05, 0.1) is 6.54 Å². The number of hydrogen-bond donors (Lipinski definition) is 1. The predicted octanol–water partition coefficient (Wildman–Crippen LogP) is 3.30. The van der Waals surface area contributed by atoms with Crippen molar-refractivity contribution in [2.75, 3.05) is 33.8 Å². The number of nitrogens with one attached hydrogen (secondary N) is 1. The Hall–Kier alpha value is -0.980. The van der Waals surface area contributed by atoms with Gasteiger partial charge in [-0.15, -0.1) is 24.0 Å². The average molecular weight is 405 g/mol. The zero-order valence-corrected chi connectivity index (χ0v) is 15.9. The molecule has 1 aromatic carbocycles. The number of aryl methyl sites for hydroxylation is 1. The van der Waals surface area contributed by atoms with Crippen molar-refractivity contribution in [1.82, 2.24) is 10.2 Å². The lowest BCUT2D eigenvalue weighted by molar-refractivity contribution is 0.317. The Labute approximate surface area is 146 Å². The molecule has 5 heteroatoms. The molecule has 1 N–H and O–H groups in total. The summed E-state index contributed by atoms with van der Waals surface area (Å²) < 4.78 is 5.76. The number of benzene rings is 1. The van der Waals surface area contributed by atoms with E-state index >= 15 is 0 Å². The van der Waals surface area contributed by atoms with Gasteiger partial charge in [-0.1, -0.05) is 31.5 Å². The molecule has 21 heavy (non-hydrogen) atoms. The molecule has 0 radical (unpaired) electrons. The molecule has 0 saturated carbocycles. The molecule has 1 rings (SSSR count). The molecule has 1 aromatic rings. The number of unbranched alkanes of at least 4 members (excludes halogenated alkanes) is 1. The summed E-state index contributed by atoms with van der Waals surface area (Å²) in [5, 5.41) is 3.32. The van der Waals surface area contributed by atoms with Gasteiger partial charge >= 0.3 is 0 Å². The minimum absolute atomic E-state index is 0. The van der Waals surface area contributed by atoms with Crippen LogP contribution in [-0.4, -0.2) is 44.7 Å². The molecule has 0 fully saturated rings. The number of guanidine groups is 1. The fourth-order valence-electron chi connectivity index (χ4n) is 1.93. The molecule has 0 aromatic heterocycles. The lowest BCUT2D eigenvalue weighted by atomic mass is 10.2. The molecule has 0 aliphatic rings. The van der Waals surface area contributed by atoms with Crippen LogP contribution in [0, 0.1) is 6.92 Å². The van der Waals surface area contributed by atoms with Crippen molar-refractivity contribution in [3.8, 4) is 5.75 Å². The Morgan fingerprint density at radius 1 is 1.33 bits per heavy atom. The molecule has 4 nitrogen and oxygen atoms in total. The van der Waals surface area contributed by atoms with Gasteiger partial charge in [-0.05, 0) is 25.0 Å². The van der Waals surface area contributed by atoms with Crippen molar-refractivity contribution in [2.24, 2.45) is 4.99 Å². The number of rotatable bonds is 7. The first kappa shape index (κ1) is 20.0. The summed E-state index contributed by atoms with van der Waals surface area (Å²) in [4.78, 5) is 6.43. The number of hydrogen-bond acceptors (Lipinski definition) is 2. The van der Waals surface area contributed by atoms with E-state index in [1.165, 1.54) is 12.8 Å². The van der Waals surface area contributed by atoms with Gasteiger partial charge < -0.3 is 15.0 Å². The molecule has 120 valence electrons. The van der Waals surface area contributed by atoms with Crippen molar-refractivity contribution in [1.29, 1.82) is 0 Å². The highest BCUT2D eigenvalue weighted by Gasteiger charge is 2.04. The largest absolute Gasteiger partial charge is 0.491 e. The summed E-state index contributed by atoms with van der Waals surface area (Å²) in [7, 11) is 3.88. The van der Waals surface area contributed by atoms with Crippen LogP contribution in [0.1, 0.15) is 25.3 Å². The summed E-state index contributed by atoms with van der Waals surface area (Å²) in [6.07, 6.45) is 2.37. The van der Waals surface area contributed by atoms with Crippen LogP contribution < -0.4 is 10.1 Å². The minimum Gasteiger partial charge on any atom is -0.491 e. The van der Waals surface area contributed by atoms with Gasteiger partial charge in [0, 0.05) is 20.6 Å². The lowest BCUT2D eigenvalue weighted by Gasteiger charge is -2.21. The van der Waals surface area contributed by atoms with Crippen LogP contribution in [-0.2, 0) is 0 Å². The van der Waals surface area contributed by atoms with Gasteiger partial charge in [0.15, 0.2) is 5.96 Å². The Kier molecular flexibility index (Phi) is 11.1. The van der Waals surface area contributed by atoms with Gasteiger partial charge in [0.2, 0.25) is 0 Å². The van der Waals surface area contributed by atoms with E-state index in [0.717, 1.165) is 30.4 Å². The minimum atomic E-state index is 0. The molecule has 0 bridgehead atoms. The highest BCUT2D eigenvalue weighted by Crippen LogP contribution is 2.15. The summed E-state index contributed by atoms with van der Waals surface area (Å²) in [5.41, 5.74) is 1.16. The van der Waals surface area contributed by atoms with Gasteiger partial charge in [-0.25, -0.2) is 0 Å². The van der Waals surface area contributed by atoms with E-state index in [2.05, 4.69) is 42.2 Å².